The number of benzene rings is 3. The zero-order valence-corrected chi connectivity index (χ0v) is 20.1. The average molecular weight is 551 g/mol. The van der Waals surface area contributed by atoms with Crippen LogP contribution in [0.15, 0.2) is 65.6 Å². The molecule has 194 valence electrons. The molecule has 36 heavy (non-hydrogen) atoms. The maximum Gasteiger partial charge on any atom is 0.310 e. The number of hydrogen-bond donors (Lipinski definition) is 2. The summed E-state index contributed by atoms with van der Waals surface area (Å²) in [5.41, 5.74) is 0.764. The van der Waals surface area contributed by atoms with E-state index in [0.717, 1.165) is 11.0 Å². The number of amides is 1. The second-order valence-electron chi connectivity index (χ2n) is 8.12. The maximum atomic E-state index is 13.7. The first-order valence-corrected chi connectivity index (χ1v) is 12.7. The van der Waals surface area contributed by atoms with E-state index in [1.807, 2.05) is 0 Å². The number of fused-ring (bicyclic) bond motifs is 1. The van der Waals surface area contributed by atoms with E-state index < -0.39 is 27.1 Å². The zero-order chi connectivity index (χ0) is 26.4. The summed E-state index contributed by atoms with van der Waals surface area (Å²) in [7, 11) is -8.59. The van der Waals surface area contributed by atoms with E-state index in [4.69, 9.17) is 21.6 Å². The number of halogens is 6. The molecule has 0 aromatic heterocycles. The normalized spacial score (nSPS) is 15.9. The fraction of sp³-hybridized carbons (Fsp3) is 0.174. The molecule has 1 aliphatic heterocycles. The molecular weight excluding hydrogens is 531 g/mol. The van der Waals surface area contributed by atoms with Crippen molar-refractivity contribution in [2.45, 2.75) is 17.4 Å². The predicted molar refractivity (Wildman–Crippen MR) is 128 cm³/mol. The monoisotopic (exact) mass is 550 g/mol. The number of hydrogen-bond acceptors (Lipinski definition) is 5. The topological polar surface area (TPSA) is 71.0 Å². The molecule has 1 heterocycles. The third-order valence-corrected chi connectivity index (χ3v) is 7.04. The van der Waals surface area contributed by atoms with Crippen molar-refractivity contribution in [3.63, 3.8) is 0 Å². The van der Waals surface area contributed by atoms with Gasteiger partial charge in [0.15, 0.2) is 5.75 Å². The largest absolute Gasteiger partial charge is 0.497 e. The van der Waals surface area contributed by atoms with Crippen molar-refractivity contribution in [2.24, 2.45) is 0 Å². The fourth-order valence-corrected chi connectivity index (χ4v) is 4.70. The van der Waals surface area contributed by atoms with Crippen LogP contribution in [0.3, 0.4) is 0 Å². The third-order valence-electron chi connectivity index (χ3n) is 5.65. The summed E-state index contributed by atoms with van der Waals surface area (Å²) in [6, 6.07) is 10.8. The minimum Gasteiger partial charge on any atom is -0.497 e. The highest BCUT2D eigenvalue weighted by atomic mass is 35.5. The van der Waals surface area contributed by atoms with Crippen molar-refractivity contribution in [1.29, 1.82) is 0 Å². The molecule has 0 radical (unpaired) electrons. The molecule has 2 N–H and O–H groups in total. The number of rotatable bonds is 7. The summed E-state index contributed by atoms with van der Waals surface area (Å²) in [6.45, 7) is -0.00712. The van der Waals surface area contributed by atoms with Gasteiger partial charge in [-0.2, -0.15) is 0 Å². The van der Waals surface area contributed by atoms with Crippen LogP contribution in [0.25, 0.3) is 0 Å². The van der Waals surface area contributed by atoms with Crippen LogP contribution in [-0.4, -0.2) is 24.8 Å². The molecule has 1 aliphatic rings. The summed E-state index contributed by atoms with van der Waals surface area (Å²) in [5.74, 6) is -0.422. The van der Waals surface area contributed by atoms with Crippen molar-refractivity contribution in [2.75, 3.05) is 23.9 Å². The second kappa shape index (κ2) is 8.43. The molecular formula is C23H20ClF5N2O4S. The first-order valence-electron chi connectivity index (χ1n) is 10.4. The Kier molecular flexibility index (Phi) is 6.05. The standard InChI is InChI=1S/C23H20ClF5N2O4S/c1-34-18-10-17(11-19(12-18)35-33)30-22(15-2-5-16(24)6-3-15)23(32)31-9-8-14-4-7-20(13-21(14)31)36(25,26,27,28)29/h2-7,10-13,22,30,33H,8-9H2,1H3. The van der Waals surface area contributed by atoms with E-state index in [-0.39, 0.29) is 35.8 Å². The van der Waals surface area contributed by atoms with Crippen LogP contribution in [0.4, 0.5) is 30.8 Å². The number of ether oxygens (including phenoxy) is 1. The number of carbonyl (C=O) groups is 1. The number of anilines is 2. The van der Waals surface area contributed by atoms with Crippen LogP contribution < -0.4 is 19.8 Å². The molecule has 13 heteroatoms. The Morgan fingerprint density at radius 2 is 1.69 bits per heavy atom. The summed E-state index contributed by atoms with van der Waals surface area (Å²) in [6.07, 6.45) is 0.191. The van der Waals surface area contributed by atoms with Gasteiger partial charge in [-0.25, -0.2) is 5.26 Å². The number of nitrogens with one attached hydrogen (secondary N) is 1. The van der Waals surface area contributed by atoms with Crippen LogP contribution in [0.5, 0.6) is 11.5 Å². The van der Waals surface area contributed by atoms with Crippen LogP contribution in [0.2, 0.25) is 5.02 Å². The molecule has 0 bridgehead atoms. The summed E-state index contributed by atoms with van der Waals surface area (Å²) in [4.78, 5) is 16.9. The van der Waals surface area contributed by atoms with Gasteiger partial charge in [0, 0.05) is 41.1 Å². The molecule has 3 aromatic carbocycles. The van der Waals surface area contributed by atoms with E-state index in [2.05, 4.69) is 10.2 Å². The molecule has 1 atom stereocenters. The Labute approximate surface area is 207 Å². The van der Waals surface area contributed by atoms with Crippen molar-refractivity contribution < 1.29 is 39.1 Å². The highest BCUT2D eigenvalue weighted by Gasteiger charge is 2.65. The van der Waals surface area contributed by atoms with Crippen molar-refractivity contribution in [3.8, 4) is 11.5 Å². The predicted octanol–water partition coefficient (Wildman–Crippen LogP) is 7.60. The lowest BCUT2D eigenvalue weighted by atomic mass is 10.0. The summed E-state index contributed by atoms with van der Waals surface area (Å²) >= 11 is 5.96. The Hall–Kier alpha value is -3.22. The van der Waals surface area contributed by atoms with Gasteiger partial charge in [0.2, 0.25) is 0 Å². The van der Waals surface area contributed by atoms with Gasteiger partial charge in [0.1, 0.15) is 16.7 Å². The van der Waals surface area contributed by atoms with Crippen LogP contribution >= 0.6 is 21.8 Å². The van der Waals surface area contributed by atoms with Gasteiger partial charge < -0.3 is 19.8 Å². The second-order valence-corrected chi connectivity index (χ2v) is 11.0. The molecule has 3 aromatic rings. The molecule has 0 saturated heterocycles. The molecule has 0 saturated carbocycles. The molecule has 4 rings (SSSR count). The van der Waals surface area contributed by atoms with E-state index in [9.17, 15) is 24.2 Å². The number of carbonyl (C=O) groups excluding carboxylic acids is 1. The van der Waals surface area contributed by atoms with Gasteiger partial charge in [-0.3, -0.25) is 4.79 Å². The third kappa shape index (κ3) is 5.45. The van der Waals surface area contributed by atoms with Gasteiger partial charge in [-0.1, -0.05) is 49.2 Å². The van der Waals surface area contributed by atoms with Gasteiger partial charge >= 0.3 is 10.2 Å². The summed E-state index contributed by atoms with van der Waals surface area (Å²) < 4.78 is 72.5. The Balaban J connectivity index is 1.76. The summed E-state index contributed by atoms with van der Waals surface area (Å²) in [5, 5.41) is 12.4. The Bertz CT molecular complexity index is 1300. The Morgan fingerprint density at radius 1 is 1.03 bits per heavy atom. The van der Waals surface area contributed by atoms with Gasteiger partial charge in [-0.05, 0) is 41.8 Å². The van der Waals surface area contributed by atoms with Crippen LogP contribution in [0, 0.1) is 0 Å². The first-order chi connectivity index (χ1) is 16.7. The highest BCUT2D eigenvalue weighted by molar-refractivity contribution is 8.45. The van der Waals surface area contributed by atoms with E-state index >= 15 is 0 Å². The lowest BCUT2D eigenvalue weighted by Gasteiger charge is -2.41. The van der Waals surface area contributed by atoms with Crippen molar-refractivity contribution >= 4 is 39.1 Å². The van der Waals surface area contributed by atoms with Gasteiger partial charge in [-0.15, -0.1) is 0 Å². The van der Waals surface area contributed by atoms with Crippen LogP contribution in [0.1, 0.15) is 17.2 Å². The van der Waals surface area contributed by atoms with E-state index in [1.54, 1.807) is 12.1 Å². The molecule has 1 unspecified atom stereocenters. The zero-order valence-electron chi connectivity index (χ0n) is 18.6. The number of nitrogens with zero attached hydrogens (tertiary/aromatic N) is 1. The van der Waals surface area contributed by atoms with Gasteiger partial charge in [0.05, 0.1) is 7.11 Å². The average Bonchev–Trinajstić information content (AvgIpc) is 3.24. The first kappa shape index (κ1) is 25.9. The highest BCUT2D eigenvalue weighted by Crippen LogP contribution is 3.02. The van der Waals surface area contributed by atoms with E-state index in [1.165, 1.54) is 37.4 Å². The van der Waals surface area contributed by atoms with Gasteiger partial charge in [0.25, 0.3) is 5.91 Å². The van der Waals surface area contributed by atoms with Crippen molar-refractivity contribution in [1.82, 2.24) is 0 Å². The minimum atomic E-state index is -9.96. The number of methoxy groups -OCH3 is 1. The molecule has 1 amide bonds. The molecule has 0 aliphatic carbocycles. The van der Waals surface area contributed by atoms with Crippen LogP contribution in [-0.2, 0) is 11.2 Å². The minimum absolute atomic E-state index is 0.00712. The Morgan fingerprint density at radius 3 is 2.31 bits per heavy atom. The molecule has 0 spiro atoms. The van der Waals surface area contributed by atoms with E-state index in [0.29, 0.717) is 28.3 Å². The smallest absolute Gasteiger partial charge is 0.310 e. The lowest BCUT2D eigenvalue weighted by Crippen LogP contribution is -2.37. The van der Waals surface area contributed by atoms with Crippen molar-refractivity contribution in [3.05, 3.63) is 76.8 Å². The molecule has 0 fully saturated rings. The lowest BCUT2D eigenvalue weighted by molar-refractivity contribution is -0.137. The maximum absolute atomic E-state index is 13.7. The fourth-order valence-electron chi connectivity index (χ4n) is 3.92. The molecule has 6 nitrogen and oxygen atoms in total. The quantitative estimate of drug-likeness (QED) is 0.180. The SMILES string of the molecule is COc1cc(NC(C(=O)N2CCc3ccc(S(F)(F)(F)(F)F)cc32)c2ccc(Cl)cc2)cc(OO)c1.